The minimum atomic E-state index is -3.04. The van der Waals surface area contributed by atoms with Gasteiger partial charge in [0.25, 0.3) is 5.91 Å². The van der Waals surface area contributed by atoms with Crippen LogP contribution >= 0.6 is 0 Å². The molecule has 1 saturated heterocycles. The van der Waals surface area contributed by atoms with E-state index < -0.39 is 9.84 Å². The zero-order valence-corrected chi connectivity index (χ0v) is 15.6. The molecule has 0 bridgehead atoms. The molecule has 1 aliphatic carbocycles. The lowest BCUT2D eigenvalue weighted by Crippen LogP contribution is -2.17. The standard InChI is InChI=1S/C19H20N4O3S/c20-11-13-5-1-3-7-16(13)21-19(24)18-15-6-2-4-8-17(15)23(22-18)14-9-10-27(25,26)12-14/h1,3,5,7,14H,2,4,6,8-10,12H2,(H,21,24). The third-order valence-electron chi connectivity index (χ3n) is 5.27. The summed E-state index contributed by atoms with van der Waals surface area (Å²) in [4.78, 5) is 12.9. The average molecular weight is 384 g/mol. The van der Waals surface area contributed by atoms with Gasteiger partial charge in [-0.2, -0.15) is 10.4 Å². The minimum absolute atomic E-state index is 0.0828. The Labute approximate surface area is 157 Å². The highest BCUT2D eigenvalue weighted by Crippen LogP contribution is 2.31. The van der Waals surface area contributed by atoms with Gasteiger partial charge in [-0.05, 0) is 44.2 Å². The molecule has 7 nitrogen and oxygen atoms in total. The van der Waals surface area contributed by atoms with Crippen molar-refractivity contribution in [2.24, 2.45) is 0 Å². The zero-order chi connectivity index (χ0) is 19.0. The van der Waals surface area contributed by atoms with Crippen molar-refractivity contribution in [3.8, 4) is 6.07 Å². The average Bonchev–Trinajstić information content (AvgIpc) is 3.22. The summed E-state index contributed by atoms with van der Waals surface area (Å²) < 4.78 is 25.5. The minimum Gasteiger partial charge on any atom is -0.319 e. The molecule has 1 aliphatic heterocycles. The third-order valence-corrected chi connectivity index (χ3v) is 7.02. The van der Waals surface area contributed by atoms with E-state index in [2.05, 4.69) is 16.5 Å². The van der Waals surface area contributed by atoms with E-state index in [1.807, 2.05) is 0 Å². The first-order valence-corrected chi connectivity index (χ1v) is 10.9. The number of fused-ring (bicyclic) bond motifs is 1. The number of hydrogen-bond acceptors (Lipinski definition) is 5. The van der Waals surface area contributed by atoms with Crippen LogP contribution in [0.1, 0.15) is 52.6 Å². The highest BCUT2D eigenvalue weighted by molar-refractivity contribution is 7.91. The van der Waals surface area contributed by atoms with Gasteiger partial charge in [0.05, 0.1) is 28.8 Å². The Kier molecular flexibility index (Phi) is 4.48. The van der Waals surface area contributed by atoms with Crippen LogP contribution in [-0.2, 0) is 22.7 Å². The molecule has 2 heterocycles. The van der Waals surface area contributed by atoms with Gasteiger partial charge in [0.15, 0.2) is 15.5 Å². The normalized spacial score (nSPS) is 20.6. The summed E-state index contributed by atoms with van der Waals surface area (Å²) in [6.45, 7) is 0. The largest absolute Gasteiger partial charge is 0.319 e. The maximum Gasteiger partial charge on any atom is 0.276 e. The van der Waals surface area contributed by atoms with Crippen molar-refractivity contribution in [3.05, 3.63) is 46.8 Å². The van der Waals surface area contributed by atoms with Crippen LogP contribution in [0, 0.1) is 11.3 Å². The zero-order valence-electron chi connectivity index (χ0n) is 14.8. The second-order valence-corrected chi connectivity index (χ2v) is 9.32. The Hall–Kier alpha value is -2.66. The summed E-state index contributed by atoms with van der Waals surface area (Å²) in [6, 6.07) is 8.70. The van der Waals surface area contributed by atoms with Crippen molar-refractivity contribution in [1.82, 2.24) is 9.78 Å². The monoisotopic (exact) mass is 384 g/mol. The number of anilines is 1. The highest BCUT2D eigenvalue weighted by atomic mass is 32.2. The molecule has 1 unspecified atom stereocenters. The van der Waals surface area contributed by atoms with E-state index in [4.69, 9.17) is 0 Å². The molecule has 8 heteroatoms. The van der Waals surface area contributed by atoms with Gasteiger partial charge in [0.2, 0.25) is 0 Å². The molecule has 1 fully saturated rings. The van der Waals surface area contributed by atoms with Crippen LogP contribution in [0.3, 0.4) is 0 Å². The Morgan fingerprint density at radius 3 is 2.78 bits per heavy atom. The summed E-state index contributed by atoms with van der Waals surface area (Å²) in [7, 11) is -3.04. The van der Waals surface area contributed by atoms with Crippen molar-refractivity contribution in [2.75, 3.05) is 16.8 Å². The molecule has 2 aromatic rings. The molecule has 2 aliphatic rings. The smallest absolute Gasteiger partial charge is 0.276 e. The van der Waals surface area contributed by atoms with Crippen molar-refractivity contribution in [1.29, 1.82) is 5.26 Å². The van der Waals surface area contributed by atoms with Crippen LogP contribution in [0.15, 0.2) is 24.3 Å². The molecule has 0 saturated carbocycles. The van der Waals surface area contributed by atoms with E-state index in [-0.39, 0.29) is 23.5 Å². The highest BCUT2D eigenvalue weighted by Gasteiger charge is 2.34. The molecule has 1 atom stereocenters. The summed E-state index contributed by atoms with van der Waals surface area (Å²) in [5, 5.41) is 16.6. The van der Waals surface area contributed by atoms with Crippen LogP contribution in [-0.4, -0.2) is 35.6 Å². The van der Waals surface area contributed by atoms with E-state index in [9.17, 15) is 18.5 Å². The fraction of sp³-hybridized carbons (Fsp3) is 0.421. The van der Waals surface area contributed by atoms with Gasteiger partial charge in [0, 0.05) is 11.3 Å². The SMILES string of the molecule is N#Cc1ccccc1NC(=O)c1nn(C2CCS(=O)(=O)C2)c2c1CCCC2. The van der Waals surface area contributed by atoms with Gasteiger partial charge in [-0.1, -0.05) is 12.1 Å². The summed E-state index contributed by atoms with van der Waals surface area (Å²) >= 11 is 0. The van der Waals surface area contributed by atoms with E-state index in [0.717, 1.165) is 36.9 Å². The molecular weight excluding hydrogens is 364 g/mol. The van der Waals surface area contributed by atoms with Crippen molar-refractivity contribution < 1.29 is 13.2 Å². The summed E-state index contributed by atoms with van der Waals surface area (Å²) in [5.74, 6) is -0.0986. The first-order valence-electron chi connectivity index (χ1n) is 9.09. The number of nitrogens with one attached hydrogen (secondary N) is 1. The quantitative estimate of drug-likeness (QED) is 0.874. The lowest BCUT2D eigenvalue weighted by Gasteiger charge is -2.17. The molecule has 27 heavy (non-hydrogen) atoms. The van der Waals surface area contributed by atoms with Gasteiger partial charge in [-0.25, -0.2) is 8.42 Å². The van der Waals surface area contributed by atoms with Crippen LogP contribution in [0.4, 0.5) is 5.69 Å². The first-order chi connectivity index (χ1) is 13.0. The van der Waals surface area contributed by atoms with Crippen LogP contribution < -0.4 is 5.32 Å². The fourth-order valence-corrected chi connectivity index (χ4v) is 5.64. The number of aromatic nitrogens is 2. The molecule has 1 aromatic carbocycles. The number of sulfone groups is 1. The Balaban J connectivity index is 1.69. The number of amides is 1. The lowest BCUT2D eigenvalue weighted by atomic mass is 9.95. The van der Waals surface area contributed by atoms with E-state index >= 15 is 0 Å². The Bertz CT molecular complexity index is 1050. The third kappa shape index (κ3) is 3.35. The number of rotatable bonds is 3. The lowest BCUT2D eigenvalue weighted by molar-refractivity contribution is 0.102. The van der Waals surface area contributed by atoms with Crippen LogP contribution in [0.25, 0.3) is 0 Å². The van der Waals surface area contributed by atoms with Crippen molar-refractivity contribution in [2.45, 2.75) is 38.1 Å². The van der Waals surface area contributed by atoms with Gasteiger partial charge >= 0.3 is 0 Å². The predicted octanol–water partition coefficient (Wildman–Crippen LogP) is 2.25. The van der Waals surface area contributed by atoms with Gasteiger partial charge < -0.3 is 5.32 Å². The molecule has 1 N–H and O–H groups in total. The topological polar surface area (TPSA) is 105 Å². The molecule has 0 spiro atoms. The van der Waals surface area contributed by atoms with E-state index in [1.165, 1.54) is 0 Å². The number of nitriles is 1. The molecule has 1 amide bonds. The predicted molar refractivity (Wildman–Crippen MR) is 100 cm³/mol. The molecule has 4 rings (SSSR count). The van der Waals surface area contributed by atoms with E-state index in [1.54, 1.807) is 28.9 Å². The van der Waals surface area contributed by atoms with Crippen molar-refractivity contribution in [3.63, 3.8) is 0 Å². The van der Waals surface area contributed by atoms with Crippen molar-refractivity contribution >= 4 is 21.4 Å². The Morgan fingerprint density at radius 1 is 1.26 bits per heavy atom. The van der Waals surface area contributed by atoms with E-state index in [0.29, 0.717) is 23.4 Å². The molecule has 140 valence electrons. The molecule has 1 aromatic heterocycles. The number of benzene rings is 1. The van der Waals surface area contributed by atoms with Crippen LogP contribution in [0.2, 0.25) is 0 Å². The number of nitrogens with zero attached hydrogens (tertiary/aromatic N) is 3. The maximum atomic E-state index is 12.9. The van der Waals surface area contributed by atoms with Crippen LogP contribution in [0.5, 0.6) is 0 Å². The van der Waals surface area contributed by atoms with Gasteiger partial charge in [-0.3, -0.25) is 9.48 Å². The Morgan fingerprint density at radius 2 is 2.04 bits per heavy atom. The first kappa shape index (κ1) is 17.7. The number of carbonyl (C=O) groups excluding carboxylic acids is 1. The number of carbonyl (C=O) groups is 1. The summed E-state index contributed by atoms with van der Waals surface area (Å²) in [5.41, 5.74) is 3.09. The van der Waals surface area contributed by atoms with Gasteiger partial charge in [-0.15, -0.1) is 0 Å². The van der Waals surface area contributed by atoms with Gasteiger partial charge in [0.1, 0.15) is 6.07 Å². The second-order valence-electron chi connectivity index (χ2n) is 7.09. The second kappa shape index (κ2) is 6.82. The number of hydrogen-bond donors (Lipinski definition) is 1. The molecule has 0 radical (unpaired) electrons. The summed E-state index contributed by atoms with van der Waals surface area (Å²) in [6.07, 6.45) is 4.10. The molecular formula is C19H20N4O3S. The fourth-order valence-electron chi connectivity index (χ4n) is 3.95. The maximum absolute atomic E-state index is 12.9. The number of para-hydroxylation sites is 1.